The lowest BCUT2D eigenvalue weighted by Gasteiger charge is -1.94. The zero-order chi connectivity index (χ0) is 7.40. The lowest BCUT2D eigenvalue weighted by Crippen LogP contribution is -2.22. The molecule has 0 aliphatic rings. The van der Waals surface area contributed by atoms with E-state index in [0.717, 1.165) is 17.8 Å². The largest absolute Gasteiger partial charge is 0.711 e. The molecule has 0 fully saturated rings. The van der Waals surface area contributed by atoms with Gasteiger partial charge in [0.2, 0.25) is 6.33 Å². The lowest BCUT2D eigenvalue weighted by atomic mass is 10.6. The molecule has 0 saturated carbocycles. The van der Waals surface area contributed by atoms with Crippen LogP contribution in [0.4, 0.5) is 0 Å². The summed E-state index contributed by atoms with van der Waals surface area (Å²) in [5, 5.41) is 13.5. The molecule has 0 unspecified atom stereocenters. The van der Waals surface area contributed by atoms with Gasteiger partial charge in [0.05, 0.1) is 0 Å². The SMILES string of the molecule is CNCCn1cc[n+]([O-])c1. The maximum Gasteiger partial charge on any atom is 0.246 e. The Morgan fingerprint density at radius 3 is 3.00 bits per heavy atom. The first-order valence-corrected chi connectivity index (χ1v) is 3.22. The fraction of sp³-hybridized carbons (Fsp3) is 0.500. The zero-order valence-corrected chi connectivity index (χ0v) is 5.95. The quantitative estimate of drug-likeness (QED) is 0.448. The minimum absolute atomic E-state index is 0.787. The van der Waals surface area contributed by atoms with Gasteiger partial charge in [0.1, 0.15) is 18.9 Å². The molecule has 0 aliphatic heterocycles. The molecule has 1 aromatic rings. The van der Waals surface area contributed by atoms with Crippen molar-refractivity contribution in [2.45, 2.75) is 6.54 Å². The van der Waals surface area contributed by atoms with E-state index in [2.05, 4.69) is 5.32 Å². The van der Waals surface area contributed by atoms with E-state index in [9.17, 15) is 5.21 Å². The molecule has 0 bridgehead atoms. The standard InChI is InChI=1S/C6H11N3O/c1-7-2-3-8-4-5-9(10)6-8/h4-7H,2-3H2,1H3. The van der Waals surface area contributed by atoms with Crippen LogP contribution in [0, 0.1) is 5.21 Å². The summed E-state index contributed by atoms with van der Waals surface area (Å²) in [5.74, 6) is 0. The molecule has 1 aromatic heterocycles. The highest BCUT2D eigenvalue weighted by molar-refractivity contribution is 4.66. The van der Waals surface area contributed by atoms with Crippen molar-refractivity contribution in [2.75, 3.05) is 13.6 Å². The van der Waals surface area contributed by atoms with Gasteiger partial charge in [0, 0.05) is 6.54 Å². The van der Waals surface area contributed by atoms with Crippen LogP contribution in [-0.4, -0.2) is 18.2 Å². The van der Waals surface area contributed by atoms with Gasteiger partial charge in [-0.1, -0.05) is 0 Å². The van der Waals surface area contributed by atoms with Gasteiger partial charge < -0.3 is 10.5 Å². The Morgan fingerprint density at radius 1 is 1.70 bits per heavy atom. The van der Waals surface area contributed by atoms with Crippen LogP contribution in [0.5, 0.6) is 0 Å². The number of nitrogens with one attached hydrogen (secondary N) is 1. The van der Waals surface area contributed by atoms with Crippen molar-refractivity contribution >= 4 is 0 Å². The normalized spacial score (nSPS) is 10.1. The molecule has 1 rings (SSSR count). The van der Waals surface area contributed by atoms with Crippen LogP contribution in [0.1, 0.15) is 0 Å². The summed E-state index contributed by atoms with van der Waals surface area (Å²) in [6.45, 7) is 1.72. The average molecular weight is 141 g/mol. The number of likely N-dealkylation sites (N-methyl/N-ethyl adjacent to an activating group) is 1. The Bertz CT molecular complexity index is 197. The van der Waals surface area contributed by atoms with Crippen LogP contribution in [0.15, 0.2) is 18.7 Å². The van der Waals surface area contributed by atoms with E-state index in [-0.39, 0.29) is 0 Å². The molecule has 0 saturated heterocycles. The van der Waals surface area contributed by atoms with Crippen molar-refractivity contribution in [1.29, 1.82) is 0 Å². The van der Waals surface area contributed by atoms with Crippen molar-refractivity contribution < 1.29 is 4.73 Å². The molecule has 0 aromatic carbocycles. The van der Waals surface area contributed by atoms with Crippen LogP contribution in [-0.2, 0) is 6.54 Å². The molecule has 0 amide bonds. The molecule has 4 nitrogen and oxygen atoms in total. The van der Waals surface area contributed by atoms with Crippen LogP contribution < -0.4 is 10.0 Å². The second-order valence-electron chi connectivity index (χ2n) is 2.11. The lowest BCUT2D eigenvalue weighted by molar-refractivity contribution is -0.604. The van der Waals surface area contributed by atoms with Crippen LogP contribution in [0.2, 0.25) is 0 Å². The summed E-state index contributed by atoms with van der Waals surface area (Å²) in [6, 6.07) is 0. The van der Waals surface area contributed by atoms with E-state index in [1.807, 2.05) is 11.6 Å². The molecule has 0 aliphatic carbocycles. The van der Waals surface area contributed by atoms with Crippen molar-refractivity contribution in [3.8, 4) is 0 Å². The van der Waals surface area contributed by atoms with Crippen molar-refractivity contribution in [3.63, 3.8) is 0 Å². The third-order valence-electron chi connectivity index (χ3n) is 1.29. The molecular formula is C6H11N3O. The number of hydrogen-bond acceptors (Lipinski definition) is 2. The summed E-state index contributed by atoms with van der Waals surface area (Å²) < 4.78 is 2.62. The van der Waals surface area contributed by atoms with Gasteiger partial charge in [-0.15, -0.1) is 0 Å². The highest BCUT2D eigenvalue weighted by Gasteiger charge is 1.94. The molecular weight excluding hydrogens is 130 g/mol. The number of nitrogens with zero attached hydrogens (tertiary/aromatic N) is 2. The number of hydrogen-bond donors (Lipinski definition) is 1. The summed E-state index contributed by atoms with van der Waals surface area (Å²) >= 11 is 0. The van der Waals surface area contributed by atoms with Crippen molar-refractivity contribution in [2.24, 2.45) is 0 Å². The summed E-state index contributed by atoms with van der Waals surface area (Å²) in [6.07, 6.45) is 4.75. The minimum Gasteiger partial charge on any atom is -0.711 e. The van der Waals surface area contributed by atoms with Gasteiger partial charge in [-0.3, -0.25) is 0 Å². The van der Waals surface area contributed by atoms with E-state index < -0.39 is 0 Å². The molecule has 0 spiro atoms. The zero-order valence-electron chi connectivity index (χ0n) is 5.95. The number of aromatic nitrogens is 2. The predicted octanol–water partition coefficient (Wildman–Crippen LogP) is -0.659. The third-order valence-corrected chi connectivity index (χ3v) is 1.29. The van der Waals surface area contributed by atoms with Gasteiger partial charge >= 0.3 is 0 Å². The fourth-order valence-corrected chi connectivity index (χ4v) is 0.748. The van der Waals surface area contributed by atoms with E-state index in [1.54, 1.807) is 6.20 Å². The van der Waals surface area contributed by atoms with E-state index in [4.69, 9.17) is 0 Å². The first-order chi connectivity index (χ1) is 4.83. The molecule has 1 heterocycles. The first kappa shape index (κ1) is 7.08. The Hall–Kier alpha value is -1.03. The Kier molecular flexibility index (Phi) is 2.28. The maximum atomic E-state index is 10.5. The molecule has 0 radical (unpaired) electrons. The summed E-state index contributed by atoms with van der Waals surface area (Å²) in [5.41, 5.74) is 0. The number of imidazole rings is 1. The van der Waals surface area contributed by atoms with Crippen molar-refractivity contribution in [3.05, 3.63) is 23.9 Å². The van der Waals surface area contributed by atoms with Crippen LogP contribution >= 0.6 is 0 Å². The minimum atomic E-state index is 0.787. The Balaban J connectivity index is 2.42. The topological polar surface area (TPSA) is 43.9 Å². The Labute approximate surface area is 59.7 Å². The smallest absolute Gasteiger partial charge is 0.246 e. The molecule has 0 atom stereocenters. The highest BCUT2D eigenvalue weighted by Crippen LogP contribution is 1.80. The molecule has 10 heavy (non-hydrogen) atoms. The van der Waals surface area contributed by atoms with E-state index in [0.29, 0.717) is 0 Å². The molecule has 56 valence electrons. The van der Waals surface area contributed by atoms with Gasteiger partial charge in [-0.05, 0) is 7.05 Å². The predicted molar refractivity (Wildman–Crippen MR) is 37.3 cm³/mol. The van der Waals surface area contributed by atoms with Gasteiger partial charge in [-0.25, -0.2) is 9.30 Å². The second-order valence-corrected chi connectivity index (χ2v) is 2.11. The second kappa shape index (κ2) is 3.22. The molecule has 4 heteroatoms. The number of rotatable bonds is 3. The average Bonchev–Trinajstić information content (AvgIpc) is 2.31. The summed E-state index contributed by atoms with van der Waals surface area (Å²) in [4.78, 5) is 0. The molecule has 1 N–H and O–H groups in total. The van der Waals surface area contributed by atoms with Crippen molar-refractivity contribution in [1.82, 2.24) is 9.88 Å². The monoisotopic (exact) mass is 141 g/mol. The van der Waals surface area contributed by atoms with Gasteiger partial charge in [0.15, 0.2) is 0 Å². The Morgan fingerprint density at radius 2 is 2.50 bits per heavy atom. The summed E-state index contributed by atoms with van der Waals surface area (Å²) in [7, 11) is 1.88. The van der Waals surface area contributed by atoms with Gasteiger partial charge in [-0.2, -0.15) is 0 Å². The van der Waals surface area contributed by atoms with Crippen LogP contribution in [0.25, 0.3) is 0 Å². The maximum absolute atomic E-state index is 10.5. The highest BCUT2D eigenvalue weighted by atomic mass is 16.5. The van der Waals surface area contributed by atoms with Gasteiger partial charge in [0.25, 0.3) is 0 Å². The first-order valence-electron chi connectivity index (χ1n) is 3.22. The van der Waals surface area contributed by atoms with E-state index >= 15 is 0 Å². The van der Waals surface area contributed by atoms with E-state index in [1.165, 1.54) is 12.5 Å². The third kappa shape index (κ3) is 1.73. The van der Waals surface area contributed by atoms with Crippen LogP contribution in [0.3, 0.4) is 0 Å². The fourth-order valence-electron chi connectivity index (χ4n) is 0.748.